The smallest absolute Gasteiger partial charge is 0.127 e. The fourth-order valence-electron chi connectivity index (χ4n) is 1.49. The van der Waals surface area contributed by atoms with Gasteiger partial charge in [-0.3, -0.25) is 4.99 Å². The lowest BCUT2D eigenvalue weighted by Gasteiger charge is -2.25. The third-order valence-electron chi connectivity index (χ3n) is 2.17. The van der Waals surface area contributed by atoms with Gasteiger partial charge < -0.3 is 10.0 Å². The summed E-state index contributed by atoms with van der Waals surface area (Å²) in [6.07, 6.45) is 2.56. The number of rotatable bonds is 4. The molecule has 0 aliphatic carbocycles. The number of hydrogen-bond donors (Lipinski definition) is 1. The zero-order valence-electron chi connectivity index (χ0n) is 7.95. The molecule has 0 radical (unpaired) electrons. The molecule has 3 nitrogen and oxygen atoms in total. The highest BCUT2D eigenvalue weighted by atomic mass is 16.3. The quantitative estimate of drug-likeness (QED) is 0.688. The Morgan fingerprint density at radius 1 is 1.58 bits per heavy atom. The van der Waals surface area contributed by atoms with Crippen molar-refractivity contribution in [1.82, 2.24) is 4.90 Å². The summed E-state index contributed by atoms with van der Waals surface area (Å²) < 4.78 is 0. The van der Waals surface area contributed by atoms with Gasteiger partial charge in [0.25, 0.3) is 0 Å². The van der Waals surface area contributed by atoms with E-state index >= 15 is 0 Å². The molecular formula is C9H18N2O. The molecule has 0 aromatic carbocycles. The van der Waals surface area contributed by atoms with Crippen LogP contribution in [0.4, 0.5) is 0 Å². The van der Waals surface area contributed by atoms with E-state index in [-0.39, 0.29) is 6.23 Å². The van der Waals surface area contributed by atoms with E-state index < -0.39 is 0 Å². The normalized spacial score (nSPS) is 19.6. The maximum Gasteiger partial charge on any atom is 0.127 e. The van der Waals surface area contributed by atoms with Gasteiger partial charge in [-0.05, 0) is 12.8 Å². The van der Waals surface area contributed by atoms with E-state index in [2.05, 4.69) is 11.9 Å². The molecular weight excluding hydrogens is 152 g/mol. The van der Waals surface area contributed by atoms with Crippen molar-refractivity contribution >= 4 is 5.84 Å². The number of aliphatic hydroxyl groups is 1. The third-order valence-corrected chi connectivity index (χ3v) is 2.17. The van der Waals surface area contributed by atoms with Gasteiger partial charge in [0.05, 0.1) is 6.54 Å². The largest absolute Gasteiger partial charge is 0.374 e. The van der Waals surface area contributed by atoms with Crippen LogP contribution in [0.15, 0.2) is 4.99 Å². The lowest BCUT2D eigenvalue weighted by atomic mass is 10.2. The molecule has 1 aliphatic rings. The maximum absolute atomic E-state index is 9.60. The van der Waals surface area contributed by atoms with Gasteiger partial charge in [0.15, 0.2) is 0 Å². The molecule has 0 saturated carbocycles. The van der Waals surface area contributed by atoms with E-state index in [0.717, 1.165) is 38.2 Å². The van der Waals surface area contributed by atoms with Crippen LogP contribution in [-0.2, 0) is 0 Å². The van der Waals surface area contributed by atoms with E-state index in [1.807, 2.05) is 11.8 Å². The van der Waals surface area contributed by atoms with E-state index in [9.17, 15) is 5.11 Å². The van der Waals surface area contributed by atoms with Crippen LogP contribution in [0.3, 0.4) is 0 Å². The number of amidine groups is 1. The molecule has 0 amide bonds. The number of aliphatic hydroxyl groups excluding tert-OH is 1. The summed E-state index contributed by atoms with van der Waals surface area (Å²) >= 11 is 0. The molecule has 1 N–H and O–H groups in total. The number of nitrogens with zero attached hydrogens (tertiary/aromatic N) is 2. The van der Waals surface area contributed by atoms with Crippen LogP contribution in [-0.4, -0.2) is 35.2 Å². The molecule has 1 heterocycles. The van der Waals surface area contributed by atoms with Crippen molar-refractivity contribution in [1.29, 1.82) is 0 Å². The number of hydrogen-bond acceptors (Lipinski definition) is 3. The first-order valence-corrected chi connectivity index (χ1v) is 4.77. The lowest BCUT2D eigenvalue weighted by molar-refractivity contribution is 0.0558. The monoisotopic (exact) mass is 170 g/mol. The van der Waals surface area contributed by atoms with Gasteiger partial charge in [-0.15, -0.1) is 0 Å². The Bertz CT molecular complexity index is 168. The zero-order chi connectivity index (χ0) is 8.97. The van der Waals surface area contributed by atoms with Crippen LogP contribution >= 0.6 is 0 Å². The van der Waals surface area contributed by atoms with E-state index in [1.54, 1.807) is 0 Å². The second kappa shape index (κ2) is 4.45. The van der Waals surface area contributed by atoms with E-state index in [1.165, 1.54) is 0 Å². The highest BCUT2D eigenvalue weighted by Gasteiger charge is 2.20. The van der Waals surface area contributed by atoms with Crippen molar-refractivity contribution in [3.05, 3.63) is 0 Å². The highest BCUT2D eigenvalue weighted by molar-refractivity contribution is 5.83. The summed E-state index contributed by atoms with van der Waals surface area (Å²) in [4.78, 5) is 6.38. The van der Waals surface area contributed by atoms with Crippen LogP contribution < -0.4 is 0 Å². The summed E-state index contributed by atoms with van der Waals surface area (Å²) in [6, 6.07) is 0. The lowest BCUT2D eigenvalue weighted by Crippen LogP contribution is -2.37. The Labute approximate surface area is 74.1 Å². The molecule has 70 valence electrons. The van der Waals surface area contributed by atoms with Gasteiger partial charge >= 0.3 is 0 Å². The first-order valence-electron chi connectivity index (χ1n) is 4.77. The summed E-state index contributed by atoms with van der Waals surface area (Å²) in [5.41, 5.74) is 0. The summed E-state index contributed by atoms with van der Waals surface area (Å²) in [5, 5.41) is 9.60. The molecule has 3 heteroatoms. The molecule has 1 rings (SSSR count). The fourth-order valence-corrected chi connectivity index (χ4v) is 1.49. The average molecular weight is 170 g/mol. The average Bonchev–Trinajstić information content (AvgIpc) is 2.52. The van der Waals surface area contributed by atoms with Crippen molar-refractivity contribution < 1.29 is 5.11 Å². The van der Waals surface area contributed by atoms with Gasteiger partial charge in [0.2, 0.25) is 0 Å². The molecule has 0 fully saturated rings. The topological polar surface area (TPSA) is 35.8 Å². The van der Waals surface area contributed by atoms with Crippen LogP contribution in [0.5, 0.6) is 0 Å². The molecule has 0 aromatic heterocycles. The van der Waals surface area contributed by atoms with E-state index in [0.29, 0.717) is 0 Å². The van der Waals surface area contributed by atoms with Crippen molar-refractivity contribution in [2.75, 3.05) is 13.1 Å². The van der Waals surface area contributed by atoms with Crippen LogP contribution in [0, 0.1) is 0 Å². The van der Waals surface area contributed by atoms with Gasteiger partial charge in [-0.1, -0.05) is 13.8 Å². The van der Waals surface area contributed by atoms with Crippen LogP contribution in [0.2, 0.25) is 0 Å². The second-order valence-electron chi connectivity index (χ2n) is 3.13. The predicted molar refractivity (Wildman–Crippen MR) is 50.2 cm³/mol. The Hall–Kier alpha value is -0.570. The van der Waals surface area contributed by atoms with Gasteiger partial charge in [0, 0.05) is 13.0 Å². The van der Waals surface area contributed by atoms with Crippen molar-refractivity contribution in [2.24, 2.45) is 4.99 Å². The Morgan fingerprint density at radius 2 is 2.33 bits per heavy atom. The van der Waals surface area contributed by atoms with Gasteiger partial charge in [-0.2, -0.15) is 0 Å². The first kappa shape index (κ1) is 9.52. The predicted octanol–water partition coefficient (Wildman–Crippen LogP) is 1.23. The van der Waals surface area contributed by atoms with E-state index in [4.69, 9.17) is 0 Å². The maximum atomic E-state index is 9.60. The molecule has 1 aliphatic heterocycles. The summed E-state index contributed by atoms with van der Waals surface area (Å²) in [7, 11) is 0. The Kier molecular flexibility index (Phi) is 3.53. The van der Waals surface area contributed by atoms with Gasteiger partial charge in [0.1, 0.15) is 12.1 Å². The number of aliphatic imine (C=N–C) groups is 1. The van der Waals surface area contributed by atoms with Crippen molar-refractivity contribution in [2.45, 2.75) is 39.3 Å². The minimum Gasteiger partial charge on any atom is -0.374 e. The molecule has 1 atom stereocenters. The minimum atomic E-state index is -0.321. The minimum absolute atomic E-state index is 0.321. The molecule has 0 bridgehead atoms. The zero-order valence-corrected chi connectivity index (χ0v) is 7.95. The molecule has 1 unspecified atom stereocenters. The summed E-state index contributed by atoms with van der Waals surface area (Å²) in [5.74, 6) is 1.09. The van der Waals surface area contributed by atoms with Gasteiger partial charge in [-0.25, -0.2) is 0 Å². The molecule has 0 aromatic rings. The fraction of sp³-hybridized carbons (Fsp3) is 0.889. The second-order valence-corrected chi connectivity index (χ2v) is 3.13. The Balaban J connectivity index is 2.49. The van der Waals surface area contributed by atoms with Crippen molar-refractivity contribution in [3.8, 4) is 0 Å². The SMILES string of the molecule is CCCC1=NCCN1C(O)CC. The molecule has 0 saturated heterocycles. The molecule has 12 heavy (non-hydrogen) atoms. The van der Waals surface area contributed by atoms with Crippen LogP contribution in [0.1, 0.15) is 33.1 Å². The first-order chi connectivity index (χ1) is 5.79. The summed E-state index contributed by atoms with van der Waals surface area (Å²) in [6.45, 7) is 5.88. The molecule has 0 spiro atoms. The standard InChI is InChI=1S/C9H18N2O/c1-3-5-8-10-6-7-11(8)9(12)4-2/h9,12H,3-7H2,1-2H3. The van der Waals surface area contributed by atoms with Crippen molar-refractivity contribution in [3.63, 3.8) is 0 Å². The Morgan fingerprint density at radius 3 is 2.92 bits per heavy atom. The van der Waals surface area contributed by atoms with Crippen LogP contribution in [0.25, 0.3) is 0 Å². The highest BCUT2D eigenvalue weighted by Crippen LogP contribution is 2.11. The third kappa shape index (κ3) is 1.97.